The fourth-order valence-corrected chi connectivity index (χ4v) is 9.31. The van der Waals surface area contributed by atoms with Gasteiger partial charge in [0.15, 0.2) is 23.5 Å². The summed E-state index contributed by atoms with van der Waals surface area (Å²) >= 11 is 0. The zero-order valence-electron chi connectivity index (χ0n) is 25.7. The van der Waals surface area contributed by atoms with Gasteiger partial charge in [-0.3, -0.25) is 4.79 Å². The topological polar surface area (TPSA) is 152 Å². The molecule has 0 radical (unpaired) electrons. The van der Waals surface area contributed by atoms with Crippen molar-refractivity contribution in [2.45, 2.75) is 85.5 Å². The molecule has 0 amide bonds. The molecule has 1 aromatic carbocycles. The first-order chi connectivity index (χ1) is 20.7. The third-order valence-corrected chi connectivity index (χ3v) is 11.9. The lowest BCUT2D eigenvalue weighted by Gasteiger charge is -2.63. The lowest BCUT2D eigenvalue weighted by molar-refractivity contribution is -0.193. The average molecular weight is 610 g/mol. The van der Waals surface area contributed by atoms with E-state index in [2.05, 4.69) is 17.1 Å². The van der Waals surface area contributed by atoms with Crippen LogP contribution in [0.3, 0.4) is 0 Å². The number of ether oxygens (including phenoxy) is 1. The SMILES string of the molecule is Cc1noc(/C=C/[C@]2(C)C[C@@H](C(Oc3ccc4c(c3F)B(O)OC4)C(=O)O)[C@@]3(C)[C@H](C)CC[C@]4(CCC(=O)[C@H]43)[C@@H](C)[C@@H]2O)n1. The molecule has 10 nitrogen and oxygen atoms in total. The zero-order chi connectivity index (χ0) is 31.8. The molecular weight excluding hydrogens is 570 g/mol. The highest BCUT2D eigenvalue weighted by Gasteiger charge is 2.69. The van der Waals surface area contributed by atoms with Crippen LogP contribution in [0.15, 0.2) is 22.7 Å². The number of carbonyl (C=O) groups excluding carboxylic acids is 1. The van der Waals surface area contributed by atoms with E-state index in [9.17, 15) is 24.8 Å². The number of hydrogen-bond acceptors (Lipinski definition) is 9. The van der Waals surface area contributed by atoms with Crippen LogP contribution >= 0.6 is 0 Å². The number of nitrogens with zero attached hydrogens (tertiary/aromatic N) is 2. The number of benzene rings is 1. The molecule has 3 fully saturated rings. The number of aliphatic carboxylic acids is 1. The number of halogens is 1. The van der Waals surface area contributed by atoms with Crippen molar-refractivity contribution in [1.29, 1.82) is 0 Å². The number of aromatic nitrogens is 2. The maximum Gasteiger partial charge on any atom is 0.494 e. The summed E-state index contributed by atoms with van der Waals surface area (Å²) < 4.78 is 32.3. The van der Waals surface area contributed by atoms with E-state index in [0.29, 0.717) is 24.2 Å². The number of rotatable bonds is 6. The Balaban J connectivity index is 1.51. The molecule has 1 aromatic heterocycles. The quantitative estimate of drug-likeness (QED) is 0.413. The van der Waals surface area contributed by atoms with E-state index in [1.54, 1.807) is 25.1 Å². The molecule has 4 aliphatic rings. The van der Waals surface area contributed by atoms with Gasteiger partial charge in [-0.15, -0.1) is 0 Å². The van der Waals surface area contributed by atoms with E-state index in [4.69, 9.17) is 13.9 Å². The van der Waals surface area contributed by atoms with Crippen molar-refractivity contribution < 1.29 is 43.1 Å². The maximum atomic E-state index is 15.7. The third-order valence-electron chi connectivity index (χ3n) is 11.9. The molecule has 0 saturated heterocycles. The van der Waals surface area contributed by atoms with Crippen molar-refractivity contribution in [3.05, 3.63) is 41.3 Å². The van der Waals surface area contributed by atoms with Crippen molar-refractivity contribution >= 4 is 30.4 Å². The molecule has 2 aromatic rings. The average Bonchev–Trinajstić information content (AvgIpc) is 3.68. The summed E-state index contributed by atoms with van der Waals surface area (Å²) in [6.45, 7) is 9.66. The standard InChI is InChI=1S/C32H40BFN2O8/c1-16-8-12-32-13-9-21(37)27(32)31(16,5)20(14-30(4,28(38)17(32)2)11-10-23-35-18(3)36-44-23)26(29(39)40)43-22-7-6-19-15-42-33(41)24(19)25(22)34/h6-7,10-11,16-17,20,26-28,38,41H,8-9,12-15H2,1-5H3,(H,39,40)/b11-10+/t16-,17+,20+,26?,27+,28+,30-,31-,32+/m1/s1. The van der Waals surface area contributed by atoms with E-state index in [0.717, 1.165) is 12.8 Å². The van der Waals surface area contributed by atoms with Crippen LogP contribution in [0.5, 0.6) is 5.75 Å². The third kappa shape index (κ3) is 4.55. The van der Waals surface area contributed by atoms with E-state index >= 15 is 4.39 Å². The summed E-state index contributed by atoms with van der Waals surface area (Å²) in [5.74, 6) is -3.36. The Morgan fingerprint density at radius 2 is 2.02 bits per heavy atom. The van der Waals surface area contributed by atoms with Crippen LogP contribution in [0.1, 0.15) is 77.1 Å². The number of hydrogen-bond donors (Lipinski definition) is 3. The Kier molecular flexibility index (Phi) is 7.57. The van der Waals surface area contributed by atoms with Gasteiger partial charge < -0.3 is 29.2 Å². The number of fused-ring (bicyclic) bond motifs is 1. The van der Waals surface area contributed by atoms with Gasteiger partial charge in [-0.2, -0.15) is 4.98 Å². The molecule has 1 aliphatic heterocycles. The predicted octanol–water partition coefficient (Wildman–Crippen LogP) is 3.71. The largest absolute Gasteiger partial charge is 0.494 e. The molecule has 236 valence electrons. The van der Waals surface area contributed by atoms with Crippen LogP contribution in [-0.4, -0.2) is 56.5 Å². The van der Waals surface area contributed by atoms with Crippen LogP contribution < -0.4 is 10.2 Å². The number of carboxylic acids is 1. The molecule has 6 rings (SSSR count). The van der Waals surface area contributed by atoms with Crippen molar-refractivity contribution in [3.63, 3.8) is 0 Å². The number of aliphatic hydroxyl groups is 1. The fraction of sp³-hybridized carbons (Fsp3) is 0.625. The fourth-order valence-electron chi connectivity index (χ4n) is 9.31. The second-order valence-electron chi connectivity index (χ2n) is 14.0. The summed E-state index contributed by atoms with van der Waals surface area (Å²) in [5.41, 5.74) is -2.00. The number of aryl methyl sites for hydroxylation is 1. The molecule has 0 spiro atoms. The number of carbonyl (C=O) groups is 2. The molecule has 2 heterocycles. The van der Waals surface area contributed by atoms with Crippen LogP contribution in [0.2, 0.25) is 0 Å². The van der Waals surface area contributed by atoms with Gasteiger partial charge >= 0.3 is 13.1 Å². The number of ketones is 1. The summed E-state index contributed by atoms with van der Waals surface area (Å²) in [4.78, 5) is 31.3. The Morgan fingerprint density at radius 1 is 1.27 bits per heavy atom. The Morgan fingerprint density at radius 3 is 2.70 bits per heavy atom. The van der Waals surface area contributed by atoms with Gasteiger partial charge in [-0.1, -0.05) is 45.0 Å². The minimum Gasteiger partial charge on any atom is -0.478 e. The first kappa shape index (κ1) is 30.9. The van der Waals surface area contributed by atoms with Crippen molar-refractivity contribution in [2.24, 2.45) is 39.9 Å². The molecule has 3 saturated carbocycles. The molecule has 3 aliphatic carbocycles. The van der Waals surface area contributed by atoms with Crippen molar-refractivity contribution in [2.75, 3.05) is 0 Å². The summed E-state index contributed by atoms with van der Waals surface area (Å²) in [6.07, 6.45) is 3.51. The lowest BCUT2D eigenvalue weighted by atomic mass is 9.41. The maximum absolute atomic E-state index is 15.7. The molecule has 1 unspecified atom stereocenters. The predicted molar refractivity (Wildman–Crippen MR) is 157 cm³/mol. The van der Waals surface area contributed by atoms with Gasteiger partial charge in [-0.05, 0) is 66.9 Å². The minimum atomic E-state index is -1.57. The lowest BCUT2D eigenvalue weighted by Crippen LogP contribution is -2.63. The molecule has 9 atom stereocenters. The van der Waals surface area contributed by atoms with Gasteiger partial charge in [0.25, 0.3) is 0 Å². The second kappa shape index (κ2) is 10.8. The molecule has 12 heteroatoms. The van der Waals surface area contributed by atoms with E-state index in [1.807, 2.05) is 20.8 Å². The number of Topliss-reactive ketones (excluding diaryl/α,β-unsaturated/α-hetero) is 1. The monoisotopic (exact) mass is 610 g/mol. The molecule has 3 N–H and O–H groups in total. The Bertz CT molecular complexity index is 1510. The first-order valence-electron chi connectivity index (χ1n) is 15.4. The Labute approximate surface area is 256 Å². The highest BCUT2D eigenvalue weighted by atomic mass is 19.1. The molecule has 44 heavy (non-hydrogen) atoms. The van der Waals surface area contributed by atoms with E-state index in [-0.39, 0.29) is 47.7 Å². The second-order valence-corrected chi connectivity index (χ2v) is 14.0. The minimum absolute atomic E-state index is 0.0283. The molecule has 2 bridgehead atoms. The first-order valence-corrected chi connectivity index (χ1v) is 15.4. The van der Waals surface area contributed by atoms with E-state index in [1.165, 1.54) is 6.07 Å². The normalized spacial score (nSPS) is 37.4. The Hall–Kier alpha value is -3.09. The van der Waals surface area contributed by atoms with Crippen molar-refractivity contribution in [1.82, 2.24) is 10.1 Å². The van der Waals surface area contributed by atoms with Crippen LogP contribution in [0, 0.1) is 52.7 Å². The summed E-state index contributed by atoms with van der Waals surface area (Å²) in [5, 5.41) is 37.0. The van der Waals surface area contributed by atoms with Gasteiger partial charge in [0.2, 0.25) is 5.89 Å². The summed E-state index contributed by atoms with van der Waals surface area (Å²) in [6, 6.07) is 2.92. The van der Waals surface area contributed by atoms with Crippen LogP contribution in [-0.2, 0) is 20.9 Å². The molecular formula is C32H40BFN2O8. The smallest absolute Gasteiger partial charge is 0.478 e. The number of carboxylic acid groups (broad SMARTS) is 1. The van der Waals surface area contributed by atoms with Gasteiger partial charge in [0.1, 0.15) is 5.78 Å². The van der Waals surface area contributed by atoms with E-state index < -0.39 is 59.2 Å². The van der Waals surface area contributed by atoms with Crippen LogP contribution in [0.25, 0.3) is 6.08 Å². The number of aliphatic hydroxyl groups excluding tert-OH is 1. The van der Waals surface area contributed by atoms with Gasteiger partial charge in [0.05, 0.1) is 12.7 Å². The highest BCUT2D eigenvalue weighted by Crippen LogP contribution is 2.69. The van der Waals surface area contributed by atoms with Gasteiger partial charge in [-0.25, -0.2) is 9.18 Å². The highest BCUT2D eigenvalue weighted by molar-refractivity contribution is 6.61. The van der Waals surface area contributed by atoms with Gasteiger partial charge in [0, 0.05) is 35.2 Å². The zero-order valence-corrected chi connectivity index (χ0v) is 25.7. The summed E-state index contributed by atoms with van der Waals surface area (Å²) in [7, 11) is -1.48. The van der Waals surface area contributed by atoms with Crippen LogP contribution in [0.4, 0.5) is 4.39 Å². The van der Waals surface area contributed by atoms with Crippen molar-refractivity contribution in [3.8, 4) is 5.75 Å².